The maximum absolute atomic E-state index is 12.3. The van der Waals surface area contributed by atoms with Gasteiger partial charge in [0.15, 0.2) is 5.78 Å². The van der Waals surface area contributed by atoms with Crippen LogP contribution < -0.4 is 0 Å². The number of carbonyl (C=O) groups excluding carboxylic acids is 2. The van der Waals surface area contributed by atoms with Crippen LogP contribution in [0.2, 0.25) is 0 Å². The highest BCUT2D eigenvalue weighted by Crippen LogP contribution is 2.78. The predicted molar refractivity (Wildman–Crippen MR) is 109 cm³/mol. The fourth-order valence-corrected chi connectivity index (χ4v) is 8.64. The molecule has 4 unspecified atom stereocenters. The van der Waals surface area contributed by atoms with Gasteiger partial charge in [0, 0.05) is 41.7 Å². The van der Waals surface area contributed by atoms with Gasteiger partial charge in [-0.2, -0.15) is 0 Å². The van der Waals surface area contributed by atoms with Crippen LogP contribution in [0, 0.1) is 28.6 Å². The molecule has 0 aromatic rings. The van der Waals surface area contributed by atoms with Crippen LogP contribution in [0.15, 0.2) is 16.8 Å². The van der Waals surface area contributed by atoms with Gasteiger partial charge in [0.1, 0.15) is 18.3 Å². The fourth-order valence-electron chi connectivity index (χ4n) is 8.64. The van der Waals surface area contributed by atoms with Gasteiger partial charge < -0.3 is 14.3 Å². The van der Waals surface area contributed by atoms with Crippen LogP contribution in [0.3, 0.4) is 0 Å². The van der Waals surface area contributed by atoms with E-state index >= 15 is 0 Å². The lowest BCUT2D eigenvalue weighted by atomic mass is 9.44. The Morgan fingerprint density at radius 1 is 1.20 bits per heavy atom. The Balaban J connectivity index is 1.47. The largest absolute Gasteiger partial charge is 0.458 e. The van der Waals surface area contributed by atoms with E-state index in [2.05, 4.69) is 19.0 Å². The summed E-state index contributed by atoms with van der Waals surface area (Å²) in [4.78, 5) is 29.5. The summed E-state index contributed by atoms with van der Waals surface area (Å²) in [6.07, 6.45) is 10.6. The molecule has 5 fully saturated rings. The molecule has 2 saturated heterocycles. The normalized spacial score (nSPS) is 53.6. The second-order valence-electron chi connectivity index (χ2n) is 10.9. The van der Waals surface area contributed by atoms with E-state index in [1.165, 1.54) is 5.57 Å². The molecule has 6 nitrogen and oxygen atoms in total. The van der Waals surface area contributed by atoms with E-state index in [1.807, 2.05) is 12.3 Å². The molecule has 0 bridgehead atoms. The summed E-state index contributed by atoms with van der Waals surface area (Å²) in [5.74, 6) is 1.06. The third-order valence-electron chi connectivity index (χ3n) is 10.1. The molecule has 0 amide bonds. The number of hydrogen-bond donors (Lipinski definition) is 0. The lowest BCUT2D eigenvalue weighted by Gasteiger charge is -2.58. The minimum absolute atomic E-state index is 0.0467. The minimum atomic E-state index is -0.338. The third kappa shape index (κ3) is 2.02. The van der Waals surface area contributed by atoms with E-state index in [9.17, 15) is 9.59 Å². The average molecular weight is 414 g/mol. The molecular weight excluding hydrogens is 382 g/mol. The van der Waals surface area contributed by atoms with Crippen LogP contribution in [0.1, 0.15) is 65.2 Å². The van der Waals surface area contributed by atoms with Gasteiger partial charge in [-0.15, -0.1) is 0 Å². The predicted octanol–water partition coefficient (Wildman–Crippen LogP) is 3.58. The van der Waals surface area contributed by atoms with Crippen molar-refractivity contribution < 1.29 is 23.9 Å². The molecule has 0 N–H and O–H groups in total. The molecule has 6 rings (SSSR count). The zero-order chi connectivity index (χ0) is 20.9. The first kappa shape index (κ1) is 19.0. The molecule has 0 radical (unpaired) electrons. The number of fused-ring (bicyclic) bond motifs is 4. The second kappa shape index (κ2) is 5.76. The van der Waals surface area contributed by atoms with Crippen molar-refractivity contribution in [2.75, 3.05) is 7.11 Å². The highest BCUT2D eigenvalue weighted by atomic mass is 16.6. The Morgan fingerprint density at radius 3 is 2.77 bits per heavy atom. The number of ketones is 1. The van der Waals surface area contributed by atoms with Crippen LogP contribution in [0.4, 0.5) is 0 Å². The summed E-state index contributed by atoms with van der Waals surface area (Å²) in [5, 5.41) is 4.18. The van der Waals surface area contributed by atoms with Gasteiger partial charge in [0.05, 0.1) is 6.10 Å². The van der Waals surface area contributed by atoms with E-state index in [0.717, 1.165) is 38.5 Å². The first-order valence-electron chi connectivity index (χ1n) is 11.5. The maximum atomic E-state index is 12.3. The Bertz CT molecular complexity index is 896. The third-order valence-corrected chi connectivity index (χ3v) is 10.1. The van der Waals surface area contributed by atoms with Crippen LogP contribution in [-0.2, 0) is 23.9 Å². The quantitative estimate of drug-likeness (QED) is 0.299. The summed E-state index contributed by atoms with van der Waals surface area (Å²) < 4.78 is 12.8. The Kier molecular flexibility index (Phi) is 3.65. The summed E-state index contributed by atoms with van der Waals surface area (Å²) in [7, 11) is 1.58. The van der Waals surface area contributed by atoms with Gasteiger partial charge in [-0.05, 0) is 50.5 Å². The lowest BCUT2D eigenvalue weighted by Crippen LogP contribution is -2.62. The van der Waals surface area contributed by atoms with Crippen LogP contribution in [0.25, 0.3) is 0 Å². The minimum Gasteiger partial charge on any atom is -0.458 e. The Hall–Kier alpha value is -1.69. The maximum Gasteiger partial charge on any atom is 0.306 e. The summed E-state index contributed by atoms with van der Waals surface area (Å²) in [6.45, 7) is 4.67. The first-order chi connectivity index (χ1) is 14.3. The van der Waals surface area contributed by atoms with Crippen molar-refractivity contribution in [1.29, 1.82) is 0 Å². The second-order valence-corrected chi connectivity index (χ2v) is 10.9. The number of epoxide rings is 1. The van der Waals surface area contributed by atoms with Gasteiger partial charge in [0.25, 0.3) is 0 Å². The zero-order valence-electron chi connectivity index (χ0n) is 18.1. The summed E-state index contributed by atoms with van der Waals surface area (Å²) in [5.41, 5.74) is 0.483. The first-order valence-corrected chi connectivity index (χ1v) is 11.5. The van der Waals surface area contributed by atoms with Crippen molar-refractivity contribution in [3.05, 3.63) is 11.6 Å². The highest BCUT2D eigenvalue weighted by Gasteiger charge is 2.82. The number of oxime groups is 1. The Labute approximate surface area is 177 Å². The van der Waals surface area contributed by atoms with E-state index in [4.69, 9.17) is 14.3 Å². The van der Waals surface area contributed by atoms with E-state index in [-0.39, 0.29) is 45.8 Å². The van der Waals surface area contributed by atoms with Crippen molar-refractivity contribution in [2.24, 2.45) is 33.7 Å². The van der Waals surface area contributed by atoms with Gasteiger partial charge >= 0.3 is 5.97 Å². The van der Waals surface area contributed by atoms with Gasteiger partial charge in [-0.3, -0.25) is 9.59 Å². The molecule has 0 aromatic heterocycles. The molecular formula is C24H31NO5. The van der Waals surface area contributed by atoms with E-state index in [1.54, 1.807) is 7.11 Å². The van der Waals surface area contributed by atoms with Crippen LogP contribution in [-0.4, -0.2) is 42.4 Å². The SMILES string of the molecule is CO/N=C/C1CC2=CC(=O)CC[C@]2(C)C23O[C@H]2C[C@@]2(C)C(CC[C@@]24CCC(=O)O4)C13. The smallest absolute Gasteiger partial charge is 0.306 e. The summed E-state index contributed by atoms with van der Waals surface area (Å²) >= 11 is 0. The van der Waals surface area contributed by atoms with Gasteiger partial charge in [0.2, 0.25) is 0 Å². The van der Waals surface area contributed by atoms with Gasteiger partial charge in [-0.25, -0.2) is 0 Å². The number of hydrogen-bond acceptors (Lipinski definition) is 6. The molecule has 0 aromatic carbocycles. The number of rotatable bonds is 2. The summed E-state index contributed by atoms with van der Waals surface area (Å²) in [6, 6.07) is 0. The average Bonchev–Trinajstić information content (AvgIpc) is 3.19. The van der Waals surface area contributed by atoms with Crippen LogP contribution in [0.5, 0.6) is 0 Å². The lowest BCUT2D eigenvalue weighted by molar-refractivity contribution is -0.165. The zero-order valence-corrected chi connectivity index (χ0v) is 18.1. The molecule has 8 atom stereocenters. The van der Waals surface area contributed by atoms with Crippen LogP contribution >= 0.6 is 0 Å². The van der Waals surface area contributed by atoms with Crippen molar-refractivity contribution >= 4 is 18.0 Å². The van der Waals surface area contributed by atoms with Crippen molar-refractivity contribution in [2.45, 2.75) is 82.5 Å². The van der Waals surface area contributed by atoms with Crippen molar-refractivity contribution in [3.8, 4) is 0 Å². The van der Waals surface area contributed by atoms with Crippen molar-refractivity contribution in [1.82, 2.24) is 0 Å². The number of nitrogens with zero attached hydrogens (tertiary/aromatic N) is 1. The fraction of sp³-hybridized carbons (Fsp3) is 0.792. The molecule has 2 heterocycles. The van der Waals surface area contributed by atoms with Crippen molar-refractivity contribution in [3.63, 3.8) is 0 Å². The van der Waals surface area contributed by atoms with Gasteiger partial charge in [-0.1, -0.05) is 24.6 Å². The van der Waals surface area contributed by atoms with E-state index < -0.39 is 0 Å². The number of ether oxygens (including phenoxy) is 2. The number of esters is 1. The highest BCUT2D eigenvalue weighted by molar-refractivity contribution is 5.92. The molecule has 6 heteroatoms. The number of carbonyl (C=O) groups is 2. The molecule has 3 saturated carbocycles. The Morgan fingerprint density at radius 2 is 2.03 bits per heavy atom. The molecule has 4 aliphatic carbocycles. The molecule has 2 spiro atoms. The topological polar surface area (TPSA) is 77.5 Å². The monoisotopic (exact) mass is 413 g/mol. The van der Waals surface area contributed by atoms with E-state index in [0.29, 0.717) is 24.7 Å². The molecule has 2 aliphatic heterocycles. The molecule has 6 aliphatic rings. The standard InChI is InChI=1S/C24H31NO5/c1-21-7-4-16(26)11-15(21)10-14(13-25-28-3)20-17-5-8-23(9-6-19(27)30-23)22(17,2)12-18-24(20,21)29-18/h11,13-14,17-18,20H,4-10,12H2,1-3H3/b25-13+/t14?,17?,18-,20?,21-,22-,23+,24?/m0/s1. The molecule has 162 valence electrons. The molecule has 30 heavy (non-hydrogen) atoms.